The zero-order chi connectivity index (χ0) is 17.6. The fourth-order valence-electron chi connectivity index (χ4n) is 2.17. The van der Waals surface area contributed by atoms with Crippen LogP contribution in [0.3, 0.4) is 0 Å². The van der Waals surface area contributed by atoms with Gasteiger partial charge < -0.3 is 9.80 Å². The van der Waals surface area contributed by atoms with Crippen LogP contribution in [0.25, 0.3) is 6.08 Å². The maximum Gasteiger partial charge on any atom is 0.0364 e. The molecule has 1 rings (SSSR count). The van der Waals surface area contributed by atoms with Crippen molar-refractivity contribution in [2.24, 2.45) is 4.99 Å². The highest BCUT2D eigenvalue weighted by Crippen LogP contribution is 2.15. The van der Waals surface area contributed by atoms with Gasteiger partial charge in [0.2, 0.25) is 0 Å². The predicted molar refractivity (Wildman–Crippen MR) is 109 cm³/mol. The van der Waals surface area contributed by atoms with Gasteiger partial charge in [0.05, 0.1) is 0 Å². The van der Waals surface area contributed by atoms with Crippen LogP contribution in [0.2, 0.25) is 0 Å². The first-order valence-corrected chi connectivity index (χ1v) is 8.59. The van der Waals surface area contributed by atoms with E-state index >= 15 is 0 Å². The van der Waals surface area contributed by atoms with Crippen molar-refractivity contribution in [2.75, 3.05) is 45.7 Å². The maximum absolute atomic E-state index is 4.12. The van der Waals surface area contributed by atoms with Gasteiger partial charge in [0, 0.05) is 32.0 Å². The summed E-state index contributed by atoms with van der Waals surface area (Å²) in [6.45, 7) is 5.05. The van der Waals surface area contributed by atoms with Crippen molar-refractivity contribution in [1.82, 2.24) is 4.90 Å². The van der Waals surface area contributed by atoms with Gasteiger partial charge in [0.25, 0.3) is 0 Å². The molecule has 0 aliphatic heterocycles. The molecular weight excluding hydrogens is 294 g/mol. The Kier molecular flexibility index (Phi) is 10.2. The summed E-state index contributed by atoms with van der Waals surface area (Å²) in [6.07, 6.45) is 15.1. The molecule has 0 N–H and O–H groups in total. The highest BCUT2D eigenvalue weighted by molar-refractivity contribution is 5.71. The smallest absolute Gasteiger partial charge is 0.0364 e. The summed E-state index contributed by atoms with van der Waals surface area (Å²) in [5.74, 6) is 0. The second kappa shape index (κ2) is 12.3. The minimum absolute atomic E-state index is 0.828. The molecule has 0 amide bonds. The first kappa shape index (κ1) is 19.9. The molecule has 0 bridgehead atoms. The van der Waals surface area contributed by atoms with Crippen LogP contribution in [0.1, 0.15) is 18.9 Å². The van der Waals surface area contributed by atoms with E-state index in [1.807, 2.05) is 37.4 Å². The molecule has 24 heavy (non-hydrogen) atoms. The third-order valence-electron chi connectivity index (χ3n) is 3.54. The van der Waals surface area contributed by atoms with Gasteiger partial charge in [0.15, 0.2) is 0 Å². The van der Waals surface area contributed by atoms with E-state index < -0.39 is 0 Å². The third kappa shape index (κ3) is 9.11. The number of hydrogen-bond acceptors (Lipinski definition) is 3. The quantitative estimate of drug-likeness (QED) is 0.472. The van der Waals surface area contributed by atoms with Crippen LogP contribution in [-0.4, -0.2) is 51.9 Å². The summed E-state index contributed by atoms with van der Waals surface area (Å²) in [5, 5.41) is 0. The summed E-state index contributed by atoms with van der Waals surface area (Å²) in [5.41, 5.74) is 2.47. The number of nitrogens with zero attached hydrogens (tertiary/aromatic N) is 3. The van der Waals surface area contributed by atoms with E-state index in [2.05, 4.69) is 72.4 Å². The van der Waals surface area contributed by atoms with Gasteiger partial charge in [0.1, 0.15) is 0 Å². The molecule has 0 unspecified atom stereocenters. The number of hydrogen-bond donors (Lipinski definition) is 0. The Morgan fingerprint density at radius 3 is 2.21 bits per heavy atom. The Morgan fingerprint density at radius 1 is 0.875 bits per heavy atom. The largest absolute Gasteiger partial charge is 0.375 e. The van der Waals surface area contributed by atoms with Crippen molar-refractivity contribution in [3.63, 3.8) is 0 Å². The molecule has 3 heteroatoms. The molecule has 1 aromatic rings. The van der Waals surface area contributed by atoms with E-state index in [9.17, 15) is 0 Å². The first-order chi connectivity index (χ1) is 11.6. The Labute approximate surface area is 147 Å². The minimum atomic E-state index is 0.828. The fraction of sp³-hybridized carbons (Fsp3) is 0.381. The lowest BCUT2D eigenvalue weighted by Crippen LogP contribution is -2.23. The Hall–Kier alpha value is -2.13. The molecular formula is C21H31N3. The summed E-state index contributed by atoms with van der Waals surface area (Å²) in [6, 6.07) is 8.68. The lowest BCUT2D eigenvalue weighted by Gasteiger charge is -2.20. The van der Waals surface area contributed by atoms with Crippen LogP contribution in [0.5, 0.6) is 0 Å². The maximum atomic E-state index is 4.12. The number of aliphatic imine (C=N–C) groups is 1. The zero-order valence-electron chi connectivity index (χ0n) is 15.5. The van der Waals surface area contributed by atoms with Crippen LogP contribution in [0.4, 0.5) is 5.69 Å². The average molecular weight is 326 g/mol. The van der Waals surface area contributed by atoms with Crippen molar-refractivity contribution in [3.05, 3.63) is 60.2 Å². The monoisotopic (exact) mass is 325 g/mol. The SMILES string of the molecule is CCN=C\C=C/C=C/C=C/c1ccc(N(C)CCCN(C)C)cc1. The standard InChI is InChI=1S/C21H31N3/c1-5-22-17-10-8-6-7-9-12-20-13-15-21(16-14-20)24(4)19-11-18-23(2)3/h6-10,12-17H,5,11,18-19H2,1-4H3/b7-6+,10-8-,12-9+,22-17?. The second-order valence-corrected chi connectivity index (χ2v) is 5.95. The number of benzene rings is 1. The fourth-order valence-corrected chi connectivity index (χ4v) is 2.17. The van der Waals surface area contributed by atoms with Crippen molar-refractivity contribution < 1.29 is 0 Å². The van der Waals surface area contributed by atoms with Crippen molar-refractivity contribution in [3.8, 4) is 0 Å². The van der Waals surface area contributed by atoms with Crippen LogP contribution >= 0.6 is 0 Å². The van der Waals surface area contributed by atoms with Crippen molar-refractivity contribution in [2.45, 2.75) is 13.3 Å². The molecule has 0 atom stereocenters. The molecule has 3 nitrogen and oxygen atoms in total. The minimum Gasteiger partial charge on any atom is -0.375 e. The van der Waals surface area contributed by atoms with E-state index in [1.165, 1.54) is 17.7 Å². The number of rotatable bonds is 10. The molecule has 0 spiro atoms. The van der Waals surface area contributed by atoms with Crippen molar-refractivity contribution >= 4 is 18.0 Å². The lowest BCUT2D eigenvalue weighted by atomic mass is 10.2. The summed E-state index contributed by atoms with van der Waals surface area (Å²) < 4.78 is 0. The number of anilines is 1. The summed E-state index contributed by atoms with van der Waals surface area (Å²) in [4.78, 5) is 8.64. The highest BCUT2D eigenvalue weighted by Gasteiger charge is 2.00. The molecule has 0 saturated carbocycles. The molecule has 0 radical (unpaired) electrons. The Balaban J connectivity index is 2.43. The van der Waals surface area contributed by atoms with Gasteiger partial charge in [-0.15, -0.1) is 0 Å². The average Bonchev–Trinajstić information content (AvgIpc) is 2.57. The molecule has 130 valence electrons. The first-order valence-electron chi connectivity index (χ1n) is 8.59. The topological polar surface area (TPSA) is 18.8 Å². The van der Waals surface area contributed by atoms with E-state index in [4.69, 9.17) is 0 Å². The summed E-state index contributed by atoms with van der Waals surface area (Å²) in [7, 11) is 6.38. The van der Waals surface area contributed by atoms with Gasteiger partial charge in [-0.2, -0.15) is 0 Å². The van der Waals surface area contributed by atoms with Gasteiger partial charge in [-0.25, -0.2) is 0 Å². The normalized spacial score (nSPS) is 12.5. The molecule has 0 fully saturated rings. The Bertz CT molecular complexity index is 551. The van der Waals surface area contributed by atoms with Gasteiger partial charge in [-0.3, -0.25) is 4.99 Å². The lowest BCUT2D eigenvalue weighted by molar-refractivity contribution is 0.401. The predicted octanol–water partition coefficient (Wildman–Crippen LogP) is 4.29. The van der Waals surface area contributed by atoms with Crippen LogP contribution in [0.15, 0.2) is 59.6 Å². The van der Waals surface area contributed by atoms with E-state index in [0.717, 1.165) is 19.6 Å². The van der Waals surface area contributed by atoms with Gasteiger partial charge in [-0.1, -0.05) is 42.5 Å². The molecule has 0 aliphatic rings. The van der Waals surface area contributed by atoms with Crippen LogP contribution < -0.4 is 4.90 Å². The highest BCUT2D eigenvalue weighted by atomic mass is 15.1. The third-order valence-corrected chi connectivity index (χ3v) is 3.54. The summed E-state index contributed by atoms with van der Waals surface area (Å²) >= 11 is 0. The van der Waals surface area contributed by atoms with Crippen LogP contribution in [-0.2, 0) is 0 Å². The van der Waals surface area contributed by atoms with Crippen molar-refractivity contribution in [1.29, 1.82) is 0 Å². The molecule has 0 aromatic heterocycles. The molecule has 0 heterocycles. The number of allylic oxidation sites excluding steroid dienone is 5. The van der Waals surface area contributed by atoms with E-state index in [-0.39, 0.29) is 0 Å². The zero-order valence-corrected chi connectivity index (χ0v) is 15.5. The second-order valence-electron chi connectivity index (χ2n) is 5.95. The molecule has 0 saturated heterocycles. The van der Waals surface area contributed by atoms with Gasteiger partial charge in [-0.05, 0) is 57.8 Å². The molecule has 0 aliphatic carbocycles. The van der Waals surface area contributed by atoms with E-state index in [1.54, 1.807) is 0 Å². The molecule has 1 aromatic carbocycles. The van der Waals surface area contributed by atoms with E-state index in [0.29, 0.717) is 0 Å². The van der Waals surface area contributed by atoms with Gasteiger partial charge >= 0.3 is 0 Å². The van der Waals surface area contributed by atoms with Crippen LogP contribution in [0, 0.1) is 0 Å². The Morgan fingerprint density at radius 2 is 1.54 bits per heavy atom.